The molecule has 0 saturated heterocycles. The highest BCUT2D eigenvalue weighted by Crippen LogP contribution is 2.14. The van der Waals surface area contributed by atoms with Gasteiger partial charge in [0.25, 0.3) is 16.5 Å². The number of hydrogen-bond acceptors (Lipinski definition) is 2. The van der Waals surface area contributed by atoms with Crippen molar-refractivity contribution in [1.29, 1.82) is 0 Å². The molecular weight excluding hydrogens is 565 g/mol. The van der Waals surface area contributed by atoms with Gasteiger partial charge < -0.3 is 9.32 Å². The lowest BCUT2D eigenvalue weighted by atomic mass is 10.3. The lowest BCUT2D eigenvalue weighted by molar-refractivity contribution is 1.56. The van der Waals surface area contributed by atoms with Gasteiger partial charge in [0.15, 0.2) is 0 Å². The van der Waals surface area contributed by atoms with Crippen LogP contribution >= 0.6 is 0 Å². The Labute approximate surface area is 263 Å². The summed E-state index contributed by atoms with van der Waals surface area (Å²) in [5, 5.41) is 7.51. The highest BCUT2D eigenvalue weighted by molar-refractivity contribution is 7.12. The molecule has 0 bridgehead atoms. The maximum Gasteiger partial charge on any atom is 0.273 e. The van der Waals surface area contributed by atoms with Gasteiger partial charge >= 0.3 is 0 Å². The SMILES string of the molecule is CC(=N[Si](c1ccccc1)(c1ccccc1)c1ccccc1)C(C)=N[Si](c1ccccc1)(c1ccccc1)c1ccccc1. The van der Waals surface area contributed by atoms with Gasteiger partial charge in [-0.2, -0.15) is 0 Å². The predicted octanol–water partition coefficient (Wildman–Crippen LogP) is 5.24. The summed E-state index contributed by atoms with van der Waals surface area (Å²) in [5.41, 5.74) is 1.93. The Hall–Kier alpha value is -4.91. The monoisotopic (exact) mass is 600 g/mol. The van der Waals surface area contributed by atoms with Crippen molar-refractivity contribution in [3.05, 3.63) is 182 Å². The van der Waals surface area contributed by atoms with Crippen molar-refractivity contribution in [2.45, 2.75) is 13.8 Å². The zero-order chi connectivity index (χ0) is 30.2. The van der Waals surface area contributed by atoms with E-state index in [9.17, 15) is 0 Å². The average Bonchev–Trinajstić information content (AvgIpc) is 3.11. The zero-order valence-corrected chi connectivity index (χ0v) is 27.2. The predicted molar refractivity (Wildman–Crippen MR) is 194 cm³/mol. The molecule has 0 N–H and O–H groups in total. The molecule has 0 unspecified atom stereocenters. The molecule has 0 spiro atoms. The molecule has 0 aromatic heterocycles. The van der Waals surface area contributed by atoms with E-state index in [1.807, 2.05) is 0 Å². The van der Waals surface area contributed by atoms with Crippen LogP contribution in [0.4, 0.5) is 0 Å². The van der Waals surface area contributed by atoms with Crippen LogP contribution in [0.15, 0.2) is 191 Å². The lowest BCUT2D eigenvalue weighted by Crippen LogP contribution is -2.67. The fourth-order valence-electron chi connectivity index (χ4n) is 6.13. The van der Waals surface area contributed by atoms with Crippen LogP contribution in [0.3, 0.4) is 0 Å². The summed E-state index contributed by atoms with van der Waals surface area (Å²) >= 11 is 0. The molecule has 0 saturated carbocycles. The van der Waals surface area contributed by atoms with E-state index in [0.717, 1.165) is 11.4 Å². The molecule has 2 nitrogen and oxygen atoms in total. The first-order chi connectivity index (χ1) is 21.6. The first kappa shape index (κ1) is 29.2. The largest absolute Gasteiger partial charge is 0.307 e. The fourth-order valence-corrected chi connectivity index (χ4v) is 14.3. The average molecular weight is 601 g/mol. The standard InChI is InChI=1S/C40H36N2Si2/c1-33(41-43(35-21-9-3-10-22-35,36-23-11-4-12-24-36)37-25-13-5-14-26-37)34(2)42-44(38-27-15-6-16-28-38,39-29-17-7-18-30-39)40-31-19-8-20-32-40/h3-32H,1-2H3. The molecule has 0 aliphatic heterocycles. The second kappa shape index (κ2) is 13.2. The van der Waals surface area contributed by atoms with Crippen molar-refractivity contribution < 1.29 is 0 Å². The summed E-state index contributed by atoms with van der Waals surface area (Å²) in [5.74, 6) is 0. The number of benzene rings is 6. The van der Waals surface area contributed by atoms with E-state index in [2.05, 4.69) is 196 Å². The minimum Gasteiger partial charge on any atom is -0.307 e. The van der Waals surface area contributed by atoms with Crippen molar-refractivity contribution >= 4 is 59.0 Å². The molecule has 6 aromatic carbocycles. The Kier molecular flexibility index (Phi) is 8.73. The first-order valence-corrected chi connectivity index (χ1v) is 19.0. The molecule has 0 aliphatic rings. The van der Waals surface area contributed by atoms with E-state index >= 15 is 0 Å². The van der Waals surface area contributed by atoms with Crippen LogP contribution in [0.1, 0.15) is 13.8 Å². The second-order valence-corrected chi connectivity index (χ2v) is 17.8. The third-order valence-corrected chi connectivity index (χ3v) is 16.7. The summed E-state index contributed by atoms with van der Waals surface area (Å²) in [7, 11) is -5.68. The lowest BCUT2D eigenvalue weighted by Gasteiger charge is -2.32. The second-order valence-electron chi connectivity index (χ2n) is 11.0. The van der Waals surface area contributed by atoms with Gasteiger partial charge in [-0.3, -0.25) is 0 Å². The summed E-state index contributed by atoms with van der Waals surface area (Å²) in [6, 6.07) is 65.0. The van der Waals surface area contributed by atoms with Gasteiger partial charge in [-0.1, -0.05) is 182 Å². The van der Waals surface area contributed by atoms with Crippen LogP contribution in [-0.4, -0.2) is 27.9 Å². The van der Waals surface area contributed by atoms with Gasteiger partial charge in [-0.25, -0.2) is 0 Å². The third kappa shape index (κ3) is 5.58. The summed E-state index contributed by atoms with van der Waals surface area (Å²) in [6.45, 7) is 4.30. The van der Waals surface area contributed by atoms with Crippen molar-refractivity contribution in [1.82, 2.24) is 0 Å². The van der Waals surface area contributed by atoms with E-state index < -0.39 is 16.5 Å². The topological polar surface area (TPSA) is 24.7 Å². The van der Waals surface area contributed by atoms with E-state index in [4.69, 9.17) is 9.32 Å². The van der Waals surface area contributed by atoms with Crippen LogP contribution < -0.4 is 31.1 Å². The highest BCUT2D eigenvalue weighted by Gasteiger charge is 2.42. The molecule has 0 atom stereocenters. The minimum atomic E-state index is -2.84. The Morgan fingerprint density at radius 1 is 0.295 bits per heavy atom. The van der Waals surface area contributed by atoms with Crippen LogP contribution in [-0.2, 0) is 0 Å². The molecule has 4 heteroatoms. The smallest absolute Gasteiger partial charge is 0.273 e. The Balaban J connectivity index is 1.64. The van der Waals surface area contributed by atoms with E-state index in [0.29, 0.717) is 0 Å². The first-order valence-electron chi connectivity index (χ1n) is 15.1. The maximum absolute atomic E-state index is 5.83. The molecule has 214 valence electrons. The van der Waals surface area contributed by atoms with Crippen molar-refractivity contribution in [2.75, 3.05) is 0 Å². The molecule has 0 aliphatic carbocycles. The summed E-state index contributed by atoms with van der Waals surface area (Å²) in [6.07, 6.45) is 0. The zero-order valence-electron chi connectivity index (χ0n) is 25.2. The van der Waals surface area contributed by atoms with Gasteiger partial charge in [0.05, 0.1) is 0 Å². The van der Waals surface area contributed by atoms with Gasteiger partial charge in [-0.15, -0.1) is 0 Å². The maximum atomic E-state index is 5.83. The number of rotatable bonds is 9. The van der Waals surface area contributed by atoms with Crippen molar-refractivity contribution in [3.8, 4) is 0 Å². The van der Waals surface area contributed by atoms with E-state index in [-0.39, 0.29) is 0 Å². The molecule has 0 radical (unpaired) electrons. The Bertz CT molecular complexity index is 1510. The molecule has 6 rings (SSSR count). The van der Waals surface area contributed by atoms with E-state index in [1.165, 1.54) is 31.1 Å². The third-order valence-electron chi connectivity index (χ3n) is 8.34. The van der Waals surface area contributed by atoms with Gasteiger partial charge in [0.2, 0.25) is 0 Å². The summed E-state index contributed by atoms with van der Waals surface area (Å²) in [4.78, 5) is 0. The summed E-state index contributed by atoms with van der Waals surface area (Å²) < 4.78 is 11.7. The number of hydrogen-bond donors (Lipinski definition) is 0. The quantitative estimate of drug-likeness (QED) is 0.123. The van der Waals surface area contributed by atoms with Crippen LogP contribution in [0, 0.1) is 0 Å². The molecule has 6 aromatic rings. The van der Waals surface area contributed by atoms with Gasteiger partial charge in [0, 0.05) is 11.4 Å². The normalized spacial score (nSPS) is 12.6. The van der Waals surface area contributed by atoms with Gasteiger partial charge in [-0.05, 0) is 45.0 Å². The van der Waals surface area contributed by atoms with Crippen LogP contribution in [0.2, 0.25) is 0 Å². The van der Waals surface area contributed by atoms with Crippen LogP contribution in [0.5, 0.6) is 0 Å². The Morgan fingerprint density at radius 3 is 0.614 bits per heavy atom. The number of nitrogens with zero attached hydrogens (tertiary/aromatic N) is 2. The van der Waals surface area contributed by atoms with Gasteiger partial charge in [0.1, 0.15) is 0 Å². The fraction of sp³-hybridized carbons (Fsp3) is 0.0500. The Morgan fingerprint density at radius 2 is 0.455 bits per heavy atom. The van der Waals surface area contributed by atoms with E-state index in [1.54, 1.807) is 0 Å². The van der Waals surface area contributed by atoms with Crippen LogP contribution in [0.25, 0.3) is 0 Å². The molecular formula is C40H36N2Si2. The highest BCUT2D eigenvalue weighted by atomic mass is 28.3. The molecule has 0 fully saturated rings. The molecule has 0 amide bonds. The van der Waals surface area contributed by atoms with Crippen molar-refractivity contribution in [2.24, 2.45) is 9.32 Å². The minimum absolute atomic E-state index is 0.966. The van der Waals surface area contributed by atoms with Crippen molar-refractivity contribution in [3.63, 3.8) is 0 Å². The molecule has 0 heterocycles. The molecule has 44 heavy (non-hydrogen) atoms.